The van der Waals surface area contributed by atoms with E-state index in [9.17, 15) is 9.90 Å². The fourth-order valence-corrected chi connectivity index (χ4v) is 5.77. The highest BCUT2D eigenvalue weighted by atomic mass is 16.6. The molecule has 0 radical (unpaired) electrons. The van der Waals surface area contributed by atoms with E-state index in [2.05, 4.69) is 34.1 Å². The highest BCUT2D eigenvalue weighted by Gasteiger charge is 2.52. The third-order valence-electron chi connectivity index (χ3n) is 7.25. The number of methoxy groups -OCH3 is 1. The van der Waals surface area contributed by atoms with Crippen LogP contribution in [0.15, 0.2) is 24.3 Å². The summed E-state index contributed by atoms with van der Waals surface area (Å²) in [6.45, 7) is 3.95. The fraction of sp³-hybridized carbons (Fsp3) is 0.591. The van der Waals surface area contributed by atoms with Crippen molar-refractivity contribution in [3.8, 4) is 0 Å². The maximum Gasteiger partial charge on any atom is 0.305 e. The summed E-state index contributed by atoms with van der Waals surface area (Å²) in [5.74, 6) is -1.05. The summed E-state index contributed by atoms with van der Waals surface area (Å²) in [6, 6.07) is 8.81. The highest BCUT2D eigenvalue weighted by Crippen LogP contribution is 2.50. The Labute approximate surface area is 164 Å². The molecule has 0 saturated carbocycles. The van der Waals surface area contributed by atoms with Crippen molar-refractivity contribution in [3.05, 3.63) is 35.5 Å². The SMILES string of the molecule is COC(=O)C[C@@H]1CO[C@](C)(O)[C@H]2CN3CCc4c([nH]c5ccccc45)[C@@H]3C[C@@H]12. The van der Waals surface area contributed by atoms with Crippen LogP contribution in [0.1, 0.15) is 37.1 Å². The lowest BCUT2D eigenvalue weighted by atomic mass is 9.67. The van der Waals surface area contributed by atoms with Crippen molar-refractivity contribution >= 4 is 16.9 Å². The van der Waals surface area contributed by atoms with Crippen molar-refractivity contribution in [2.75, 3.05) is 26.8 Å². The summed E-state index contributed by atoms with van der Waals surface area (Å²) in [5, 5.41) is 12.2. The Kier molecular flexibility index (Phi) is 4.27. The minimum Gasteiger partial charge on any atom is -0.469 e. The highest BCUT2D eigenvalue weighted by molar-refractivity contribution is 5.85. The van der Waals surface area contributed by atoms with Crippen molar-refractivity contribution in [1.82, 2.24) is 9.88 Å². The molecule has 5 rings (SSSR count). The molecule has 5 atom stereocenters. The number of fused-ring (bicyclic) bond motifs is 6. The number of aromatic nitrogens is 1. The molecule has 1 aromatic heterocycles. The summed E-state index contributed by atoms with van der Waals surface area (Å²) < 4.78 is 10.7. The van der Waals surface area contributed by atoms with Gasteiger partial charge in [0.1, 0.15) is 0 Å². The molecule has 0 aliphatic carbocycles. The number of rotatable bonds is 2. The first-order valence-electron chi connectivity index (χ1n) is 10.2. The van der Waals surface area contributed by atoms with Crippen molar-refractivity contribution in [3.63, 3.8) is 0 Å². The Morgan fingerprint density at radius 2 is 2.25 bits per heavy atom. The first kappa shape index (κ1) is 18.2. The molecule has 2 N–H and O–H groups in total. The van der Waals surface area contributed by atoms with E-state index >= 15 is 0 Å². The van der Waals surface area contributed by atoms with Crippen molar-refractivity contribution < 1.29 is 19.4 Å². The topological polar surface area (TPSA) is 74.8 Å². The van der Waals surface area contributed by atoms with Gasteiger partial charge < -0.3 is 19.6 Å². The molecule has 6 heteroatoms. The Bertz CT molecular complexity index is 905. The number of carbonyl (C=O) groups excluding carboxylic acids is 1. The van der Waals surface area contributed by atoms with E-state index in [4.69, 9.17) is 9.47 Å². The van der Waals surface area contributed by atoms with Gasteiger partial charge in [-0.3, -0.25) is 9.69 Å². The minimum absolute atomic E-state index is 0.00177. The summed E-state index contributed by atoms with van der Waals surface area (Å²) in [6.07, 6.45) is 2.29. The normalized spacial score (nSPS) is 35.1. The predicted octanol–water partition coefficient (Wildman–Crippen LogP) is 2.62. The summed E-state index contributed by atoms with van der Waals surface area (Å²) in [4.78, 5) is 18.1. The van der Waals surface area contributed by atoms with Gasteiger partial charge in [-0.25, -0.2) is 0 Å². The lowest BCUT2D eigenvalue weighted by Gasteiger charge is -2.54. The number of benzene rings is 1. The van der Waals surface area contributed by atoms with Crippen LogP contribution in [-0.4, -0.2) is 53.6 Å². The van der Waals surface area contributed by atoms with Gasteiger partial charge in [0.2, 0.25) is 0 Å². The number of aliphatic hydroxyl groups is 1. The molecule has 4 heterocycles. The molecule has 0 unspecified atom stereocenters. The zero-order valence-corrected chi connectivity index (χ0v) is 16.5. The van der Waals surface area contributed by atoms with Crippen LogP contribution >= 0.6 is 0 Å². The molecule has 0 bridgehead atoms. The number of carbonyl (C=O) groups is 1. The van der Waals surface area contributed by atoms with E-state index in [1.54, 1.807) is 6.92 Å². The Morgan fingerprint density at radius 3 is 3.07 bits per heavy atom. The number of H-pyrrole nitrogens is 1. The van der Waals surface area contributed by atoms with Gasteiger partial charge in [-0.05, 0) is 43.2 Å². The van der Waals surface area contributed by atoms with Gasteiger partial charge in [0.05, 0.1) is 26.2 Å². The van der Waals surface area contributed by atoms with Crippen molar-refractivity contribution in [1.29, 1.82) is 0 Å². The second-order valence-electron chi connectivity index (χ2n) is 8.74. The molecule has 150 valence electrons. The quantitative estimate of drug-likeness (QED) is 0.779. The number of aromatic amines is 1. The van der Waals surface area contributed by atoms with Gasteiger partial charge in [-0.2, -0.15) is 0 Å². The van der Waals surface area contributed by atoms with Crippen LogP contribution in [0.4, 0.5) is 0 Å². The van der Waals surface area contributed by atoms with Gasteiger partial charge in [0.15, 0.2) is 5.79 Å². The van der Waals surface area contributed by atoms with Crippen molar-refractivity contribution in [2.24, 2.45) is 17.8 Å². The van der Waals surface area contributed by atoms with Gasteiger partial charge >= 0.3 is 5.97 Å². The number of nitrogens with zero attached hydrogens (tertiary/aromatic N) is 1. The molecular formula is C22H28N2O4. The zero-order chi connectivity index (χ0) is 19.5. The lowest BCUT2D eigenvalue weighted by Crippen LogP contribution is -2.59. The number of esters is 1. The Hall–Kier alpha value is -1.89. The number of piperidine rings is 1. The molecule has 6 nitrogen and oxygen atoms in total. The summed E-state index contributed by atoms with van der Waals surface area (Å²) >= 11 is 0. The zero-order valence-electron chi connectivity index (χ0n) is 16.5. The molecule has 2 aromatic rings. The molecule has 0 spiro atoms. The number of ether oxygens (including phenoxy) is 2. The molecule has 28 heavy (non-hydrogen) atoms. The second-order valence-corrected chi connectivity index (χ2v) is 8.74. The number of para-hydroxylation sites is 1. The van der Waals surface area contributed by atoms with E-state index in [-0.39, 0.29) is 23.7 Å². The van der Waals surface area contributed by atoms with Crippen LogP contribution < -0.4 is 0 Å². The molecule has 2 fully saturated rings. The monoisotopic (exact) mass is 384 g/mol. The fourth-order valence-electron chi connectivity index (χ4n) is 5.77. The molecule has 0 amide bonds. The van der Waals surface area contributed by atoms with Gasteiger partial charge in [-0.1, -0.05) is 18.2 Å². The van der Waals surface area contributed by atoms with E-state index < -0.39 is 5.79 Å². The number of hydrogen-bond acceptors (Lipinski definition) is 5. The average Bonchev–Trinajstić information content (AvgIpc) is 3.08. The molecular weight excluding hydrogens is 356 g/mol. The third kappa shape index (κ3) is 2.78. The molecule has 1 aromatic carbocycles. The lowest BCUT2D eigenvalue weighted by molar-refractivity contribution is -0.288. The van der Waals surface area contributed by atoms with Gasteiger partial charge in [0.25, 0.3) is 0 Å². The van der Waals surface area contributed by atoms with Crippen LogP contribution in [0.3, 0.4) is 0 Å². The van der Waals surface area contributed by atoms with Crippen LogP contribution in [0.2, 0.25) is 0 Å². The summed E-state index contributed by atoms with van der Waals surface area (Å²) in [7, 11) is 1.43. The Balaban J connectivity index is 1.50. The maximum absolute atomic E-state index is 12.0. The van der Waals surface area contributed by atoms with E-state index in [0.29, 0.717) is 19.1 Å². The number of hydrogen-bond donors (Lipinski definition) is 2. The smallest absolute Gasteiger partial charge is 0.305 e. The Morgan fingerprint density at radius 1 is 1.43 bits per heavy atom. The van der Waals surface area contributed by atoms with Crippen molar-refractivity contribution in [2.45, 2.75) is 38.0 Å². The van der Waals surface area contributed by atoms with Gasteiger partial charge in [-0.15, -0.1) is 0 Å². The first-order chi connectivity index (χ1) is 13.5. The number of nitrogens with one attached hydrogen (secondary N) is 1. The molecule has 3 aliphatic heterocycles. The molecule has 2 saturated heterocycles. The molecule has 3 aliphatic rings. The first-order valence-corrected chi connectivity index (χ1v) is 10.2. The predicted molar refractivity (Wildman–Crippen MR) is 105 cm³/mol. The van der Waals surface area contributed by atoms with E-state index in [1.807, 2.05) is 0 Å². The van der Waals surface area contributed by atoms with Crippen LogP contribution in [0.5, 0.6) is 0 Å². The standard InChI is InChI=1S/C22H28N2O4/c1-22(26)17-11-24-8-7-15-14-5-3-4-6-18(14)23-21(15)19(24)10-16(17)13(12-28-22)9-20(25)27-2/h3-6,13,16-17,19,23,26H,7-12H2,1-2H3/t13-,16+,17+,19+,22+/m1/s1. The van der Waals surface area contributed by atoms with Crippen LogP contribution in [-0.2, 0) is 20.7 Å². The summed E-state index contributed by atoms with van der Waals surface area (Å²) in [5.41, 5.74) is 3.94. The average molecular weight is 384 g/mol. The largest absolute Gasteiger partial charge is 0.469 e. The van der Waals surface area contributed by atoms with E-state index in [0.717, 1.165) is 25.9 Å². The van der Waals surface area contributed by atoms with E-state index in [1.165, 1.54) is 29.3 Å². The van der Waals surface area contributed by atoms with Gasteiger partial charge in [0, 0.05) is 35.6 Å². The third-order valence-corrected chi connectivity index (χ3v) is 7.25. The van der Waals surface area contributed by atoms with Crippen LogP contribution in [0.25, 0.3) is 10.9 Å². The van der Waals surface area contributed by atoms with Crippen LogP contribution in [0, 0.1) is 17.8 Å². The maximum atomic E-state index is 12.0. The minimum atomic E-state index is -1.15. The second kappa shape index (κ2) is 6.58.